The molecule has 2 N–H and O–H groups in total. The lowest BCUT2D eigenvalue weighted by molar-refractivity contribution is 0.0708. The van der Waals surface area contributed by atoms with Crippen LogP contribution in [0.25, 0.3) is 10.9 Å². The number of nitrogens with zero attached hydrogens (tertiary/aromatic N) is 2. The van der Waals surface area contributed by atoms with Gasteiger partial charge in [0, 0.05) is 28.6 Å². The van der Waals surface area contributed by atoms with Gasteiger partial charge < -0.3 is 10.1 Å². The van der Waals surface area contributed by atoms with Crippen LogP contribution < -0.4 is 0 Å². The number of hydrazone groups is 1. The molecule has 0 saturated carbocycles. The third kappa shape index (κ3) is 2.95. The highest BCUT2D eigenvalue weighted by Crippen LogP contribution is 2.37. The lowest BCUT2D eigenvalue weighted by atomic mass is 9.96. The van der Waals surface area contributed by atoms with Gasteiger partial charge in [0.15, 0.2) is 0 Å². The largest absolute Gasteiger partial charge is 0.507 e. The van der Waals surface area contributed by atoms with Gasteiger partial charge in [0.2, 0.25) is 0 Å². The van der Waals surface area contributed by atoms with E-state index in [1.165, 1.54) is 11.1 Å². The highest BCUT2D eigenvalue weighted by atomic mass is 16.3. The molecule has 0 spiro atoms. The minimum atomic E-state index is -0.311. The quantitative estimate of drug-likeness (QED) is 0.502. The van der Waals surface area contributed by atoms with E-state index in [4.69, 9.17) is 5.10 Å². The summed E-state index contributed by atoms with van der Waals surface area (Å²) in [5.74, 6) is -0.351. The molecule has 0 saturated heterocycles. The number of amides is 1. The topological polar surface area (TPSA) is 68.7 Å². The number of hydrogen-bond donors (Lipinski definition) is 2. The number of phenols is 1. The van der Waals surface area contributed by atoms with Crippen molar-refractivity contribution >= 4 is 22.5 Å². The second-order valence-electron chi connectivity index (χ2n) is 7.51. The molecule has 0 aliphatic carbocycles. The Bertz CT molecular complexity index is 1270. The first kappa shape index (κ1) is 18.2. The van der Waals surface area contributed by atoms with Crippen molar-refractivity contribution < 1.29 is 9.90 Å². The Hall–Kier alpha value is -3.86. The van der Waals surface area contributed by atoms with Crippen LogP contribution >= 0.6 is 0 Å². The molecule has 1 aliphatic heterocycles. The van der Waals surface area contributed by atoms with Crippen molar-refractivity contribution in [3.63, 3.8) is 0 Å². The number of hydrogen-bond acceptors (Lipinski definition) is 3. The van der Waals surface area contributed by atoms with E-state index in [-0.39, 0.29) is 23.3 Å². The number of aromatic amines is 1. The van der Waals surface area contributed by atoms with Crippen molar-refractivity contribution in [2.75, 3.05) is 0 Å². The van der Waals surface area contributed by atoms with Gasteiger partial charge in [-0.3, -0.25) is 4.79 Å². The standard InChI is InChI=1S/C25H21N3O2/c1-16-24(18-11-5-7-13-20(18)26-16)21-15-22(17-9-3-2-4-10-17)28(27-21)25(30)19-12-6-8-14-23(19)29/h2-14,22,26,29H,15H2,1H3. The van der Waals surface area contributed by atoms with Gasteiger partial charge in [0.25, 0.3) is 5.91 Å². The maximum absolute atomic E-state index is 13.4. The monoisotopic (exact) mass is 395 g/mol. The Labute approximate surface area is 174 Å². The zero-order valence-electron chi connectivity index (χ0n) is 16.5. The second-order valence-corrected chi connectivity index (χ2v) is 7.51. The van der Waals surface area contributed by atoms with Crippen molar-refractivity contribution in [3.05, 3.63) is 101 Å². The van der Waals surface area contributed by atoms with Crippen LogP contribution in [0.1, 0.15) is 39.6 Å². The van der Waals surface area contributed by atoms with Gasteiger partial charge in [-0.05, 0) is 30.7 Å². The molecule has 5 rings (SSSR count). The number of benzene rings is 3. The van der Waals surface area contributed by atoms with Crippen molar-refractivity contribution in [2.45, 2.75) is 19.4 Å². The molecule has 30 heavy (non-hydrogen) atoms. The number of rotatable bonds is 3. The van der Waals surface area contributed by atoms with Crippen molar-refractivity contribution in [2.24, 2.45) is 5.10 Å². The summed E-state index contributed by atoms with van der Waals surface area (Å²) in [5, 5.41) is 17.6. The number of phenolic OH excluding ortho intramolecular Hbond substituents is 1. The molecule has 2 heterocycles. The molecule has 3 aromatic carbocycles. The summed E-state index contributed by atoms with van der Waals surface area (Å²) in [7, 11) is 0. The highest BCUT2D eigenvalue weighted by Gasteiger charge is 2.35. The average molecular weight is 395 g/mol. The third-order valence-corrected chi connectivity index (χ3v) is 5.62. The molecule has 1 amide bonds. The molecule has 0 radical (unpaired) electrons. The number of aromatic nitrogens is 1. The normalized spacial score (nSPS) is 16.1. The van der Waals surface area contributed by atoms with Crippen LogP contribution in [0, 0.1) is 6.92 Å². The van der Waals surface area contributed by atoms with Crippen molar-refractivity contribution in [1.82, 2.24) is 9.99 Å². The van der Waals surface area contributed by atoms with E-state index in [1.54, 1.807) is 18.2 Å². The van der Waals surface area contributed by atoms with Gasteiger partial charge in [-0.25, -0.2) is 5.01 Å². The fourth-order valence-electron chi connectivity index (χ4n) is 4.21. The first-order chi connectivity index (χ1) is 14.6. The number of fused-ring (bicyclic) bond motifs is 1. The molecule has 1 aliphatic rings. The molecule has 1 aromatic heterocycles. The predicted molar refractivity (Wildman–Crippen MR) is 118 cm³/mol. The van der Waals surface area contributed by atoms with Gasteiger partial charge in [0.1, 0.15) is 5.75 Å². The van der Waals surface area contributed by atoms with E-state index in [2.05, 4.69) is 11.1 Å². The first-order valence-electron chi connectivity index (χ1n) is 9.95. The summed E-state index contributed by atoms with van der Waals surface area (Å²) < 4.78 is 0. The van der Waals surface area contributed by atoms with Crippen LogP contribution in [0.5, 0.6) is 5.75 Å². The summed E-state index contributed by atoms with van der Waals surface area (Å²) in [5.41, 5.74) is 5.24. The molecular weight excluding hydrogens is 374 g/mol. The van der Waals surface area contributed by atoms with Crippen LogP contribution in [-0.4, -0.2) is 26.7 Å². The molecule has 0 bridgehead atoms. The maximum Gasteiger partial charge on any atom is 0.278 e. The van der Waals surface area contributed by atoms with Crippen LogP contribution in [0.4, 0.5) is 0 Å². The fraction of sp³-hybridized carbons (Fsp3) is 0.120. The summed E-state index contributed by atoms with van der Waals surface area (Å²) >= 11 is 0. The zero-order valence-corrected chi connectivity index (χ0v) is 16.5. The van der Waals surface area contributed by atoms with E-state index in [0.29, 0.717) is 6.42 Å². The number of H-pyrrole nitrogens is 1. The molecule has 5 heteroatoms. The summed E-state index contributed by atoms with van der Waals surface area (Å²) in [6.07, 6.45) is 0.603. The number of aromatic hydroxyl groups is 1. The number of aryl methyl sites for hydroxylation is 1. The van der Waals surface area contributed by atoms with Crippen LogP contribution in [0.15, 0.2) is 84.0 Å². The Kier molecular flexibility index (Phi) is 4.36. The van der Waals surface area contributed by atoms with E-state index in [1.807, 2.05) is 55.5 Å². The number of carbonyl (C=O) groups is 1. The summed E-state index contributed by atoms with van der Waals surface area (Å²) in [4.78, 5) is 16.8. The molecule has 0 fully saturated rings. The second kappa shape index (κ2) is 7.19. The molecular formula is C25H21N3O2. The van der Waals surface area contributed by atoms with Gasteiger partial charge in [-0.1, -0.05) is 60.7 Å². The van der Waals surface area contributed by atoms with E-state index >= 15 is 0 Å². The van der Waals surface area contributed by atoms with E-state index < -0.39 is 0 Å². The molecule has 5 nitrogen and oxygen atoms in total. The Morgan fingerprint density at radius 2 is 1.70 bits per heavy atom. The number of nitrogens with one attached hydrogen (secondary N) is 1. The van der Waals surface area contributed by atoms with Crippen molar-refractivity contribution in [1.29, 1.82) is 0 Å². The van der Waals surface area contributed by atoms with E-state index in [9.17, 15) is 9.90 Å². The Balaban J connectivity index is 1.63. The van der Waals surface area contributed by atoms with Gasteiger partial charge in [0.05, 0.1) is 17.3 Å². The fourth-order valence-corrected chi connectivity index (χ4v) is 4.21. The van der Waals surface area contributed by atoms with E-state index in [0.717, 1.165) is 33.4 Å². The average Bonchev–Trinajstić information content (AvgIpc) is 3.34. The van der Waals surface area contributed by atoms with Crippen LogP contribution in [0.3, 0.4) is 0 Å². The third-order valence-electron chi connectivity index (χ3n) is 5.62. The molecule has 4 aromatic rings. The molecule has 148 valence electrons. The lowest BCUT2D eigenvalue weighted by Gasteiger charge is -2.22. The minimum Gasteiger partial charge on any atom is -0.507 e. The zero-order chi connectivity index (χ0) is 20.7. The van der Waals surface area contributed by atoms with Crippen LogP contribution in [-0.2, 0) is 0 Å². The highest BCUT2D eigenvalue weighted by molar-refractivity contribution is 6.14. The SMILES string of the molecule is Cc1[nH]c2ccccc2c1C1=NN(C(=O)c2ccccc2O)C(c2ccccc2)C1. The number of para-hydroxylation sites is 2. The minimum absolute atomic E-state index is 0.0405. The molecule has 1 unspecified atom stereocenters. The van der Waals surface area contributed by atoms with Crippen molar-refractivity contribution in [3.8, 4) is 5.75 Å². The molecule has 1 atom stereocenters. The maximum atomic E-state index is 13.4. The Morgan fingerprint density at radius 1 is 1.00 bits per heavy atom. The predicted octanol–water partition coefficient (Wildman–Crippen LogP) is 5.17. The van der Waals surface area contributed by atoms with Gasteiger partial charge in [-0.2, -0.15) is 5.10 Å². The van der Waals surface area contributed by atoms with Gasteiger partial charge in [-0.15, -0.1) is 0 Å². The summed E-state index contributed by atoms with van der Waals surface area (Å²) in [6, 6.07) is 24.4. The van der Waals surface area contributed by atoms with Crippen LogP contribution in [0.2, 0.25) is 0 Å². The smallest absolute Gasteiger partial charge is 0.278 e. The number of carbonyl (C=O) groups excluding carboxylic acids is 1. The Morgan fingerprint density at radius 3 is 2.50 bits per heavy atom. The first-order valence-corrected chi connectivity index (χ1v) is 9.95. The summed E-state index contributed by atoms with van der Waals surface area (Å²) in [6.45, 7) is 2.03. The lowest BCUT2D eigenvalue weighted by Crippen LogP contribution is -2.27. The van der Waals surface area contributed by atoms with Gasteiger partial charge >= 0.3 is 0 Å².